The fourth-order valence-corrected chi connectivity index (χ4v) is 2.61. The predicted molar refractivity (Wildman–Crippen MR) is 66.2 cm³/mol. The molecule has 1 unspecified atom stereocenters. The van der Waals surface area contributed by atoms with Crippen molar-refractivity contribution in [1.82, 2.24) is 4.90 Å². The number of halogens is 1. The van der Waals surface area contributed by atoms with Gasteiger partial charge >= 0.3 is 0 Å². The highest BCUT2D eigenvalue weighted by Crippen LogP contribution is 2.19. The summed E-state index contributed by atoms with van der Waals surface area (Å²) in [6.45, 7) is 4.94. The van der Waals surface area contributed by atoms with Crippen molar-refractivity contribution >= 4 is 0 Å². The van der Waals surface area contributed by atoms with Crippen LogP contribution in [0.1, 0.15) is 24.0 Å². The molecule has 3 heteroatoms. The van der Waals surface area contributed by atoms with Gasteiger partial charge in [-0.05, 0) is 55.5 Å². The van der Waals surface area contributed by atoms with E-state index >= 15 is 0 Å². The first-order valence-electron chi connectivity index (χ1n) is 6.26. The number of hydrogen-bond acceptors (Lipinski definition) is 2. The fourth-order valence-electron chi connectivity index (χ4n) is 2.61. The highest BCUT2D eigenvalue weighted by molar-refractivity contribution is 5.23. The van der Waals surface area contributed by atoms with E-state index in [2.05, 4.69) is 4.90 Å². The van der Waals surface area contributed by atoms with Crippen LogP contribution in [0, 0.1) is 18.7 Å². The van der Waals surface area contributed by atoms with Crippen molar-refractivity contribution in [3.8, 4) is 0 Å². The van der Waals surface area contributed by atoms with Gasteiger partial charge in [-0.3, -0.25) is 4.90 Å². The van der Waals surface area contributed by atoms with Crippen LogP contribution in [0.2, 0.25) is 0 Å². The average Bonchev–Trinajstić information content (AvgIpc) is 2.28. The predicted octanol–water partition coefficient (Wildman–Crippen LogP) is 2.34. The molecule has 0 amide bonds. The van der Waals surface area contributed by atoms with Crippen LogP contribution in [0.15, 0.2) is 18.2 Å². The number of hydrogen-bond donors (Lipinski definition) is 1. The van der Waals surface area contributed by atoms with Crippen molar-refractivity contribution in [3.63, 3.8) is 0 Å². The van der Waals surface area contributed by atoms with Crippen molar-refractivity contribution in [2.75, 3.05) is 19.7 Å². The molecule has 1 saturated heterocycles. The Hall–Kier alpha value is -0.930. The molecular weight excluding hydrogens is 217 g/mol. The Morgan fingerprint density at radius 2 is 2.24 bits per heavy atom. The lowest BCUT2D eigenvalue weighted by molar-refractivity contribution is 0.116. The molecule has 0 radical (unpaired) electrons. The van der Waals surface area contributed by atoms with Crippen LogP contribution in [0.3, 0.4) is 0 Å². The molecule has 2 nitrogen and oxygen atoms in total. The molecule has 94 valence electrons. The molecule has 0 aromatic heterocycles. The summed E-state index contributed by atoms with van der Waals surface area (Å²) in [6.07, 6.45) is 2.23. The van der Waals surface area contributed by atoms with E-state index in [0.29, 0.717) is 5.92 Å². The Morgan fingerprint density at radius 3 is 2.94 bits per heavy atom. The molecular formula is C14H20FNO. The summed E-state index contributed by atoms with van der Waals surface area (Å²) in [7, 11) is 0. The lowest BCUT2D eigenvalue weighted by Crippen LogP contribution is -2.36. The first-order valence-corrected chi connectivity index (χ1v) is 6.26. The highest BCUT2D eigenvalue weighted by atomic mass is 19.1. The number of nitrogens with zero attached hydrogens (tertiary/aromatic N) is 1. The topological polar surface area (TPSA) is 23.5 Å². The molecule has 0 spiro atoms. The highest BCUT2D eigenvalue weighted by Gasteiger charge is 2.19. The lowest BCUT2D eigenvalue weighted by Gasteiger charge is -2.31. The van der Waals surface area contributed by atoms with Gasteiger partial charge in [-0.2, -0.15) is 0 Å². The van der Waals surface area contributed by atoms with Gasteiger partial charge in [0.05, 0.1) is 0 Å². The number of aliphatic hydroxyl groups is 1. The van der Waals surface area contributed by atoms with Crippen LogP contribution in [0.4, 0.5) is 4.39 Å². The summed E-state index contributed by atoms with van der Waals surface area (Å²) < 4.78 is 13.3. The van der Waals surface area contributed by atoms with Crippen molar-refractivity contribution in [3.05, 3.63) is 35.1 Å². The average molecular weight is 237 g/mol. The van der Waals surface area contributed by atoms with Crippen molar-refractivity contribution in [2.45, 2.75) is 26.3 Å². The second-order valence-electron chi connectivity index (χ2n) is 5.06. The van der Waals surface area contributed by atoms with Crippen LogP contribution in [0.25, 0.3) is 0 Å². The van der Waals surface area contributed by atoms with Gasteiger partial charge in [0.1, 0.15) is 5.82 Å². The molecule has 1 aliphatic rings. The summed E-state index contributed by atoms with van der Waals surface area (Å²) in [5, 5.41) is 9.18. The number of benzene rings is 1. The minimum atomic E-state index is -0.157. The van der Waals surface area contributed by atoms with Crippen LogP contribution in [-0.2, 0) is 6.54 Å². The van der Waals surface area contributed by atoms with E-state index < -0.39 is 0 Å². The second kappa shape index (κ2) is 5.61. The molecule has 0 aliphatic carbocycles. The van der Waals surface area contributed by atoms with Gasteiger partial charge in [0.15, 0.2) is 0 Å². The fraction of sp³-hybridized carbons (Fsp3) is 0.571. The monoisotopic (exact) mass is 237 g/mol. The maximum atomic E-state index is 13.3. The molecule has 1 aliphatic heterocycles. The Labute approximate surface area is 102 Å². The summed E-state index contributed by atoms with van der Waals surface area (Å²) in [4.78, 5) is 2.30. The van der Waals surface area contributed by atoms with Gasteiger partial charge in [0.25, 0.3) is 0 Å². The normalized spacial score (nSPS) is 21.7. The zero-order valence-corrected chi connectivity index (χ0v) is 10.3. The van der Waals surface area contributed by atoms with Gasteiger partial charge in [-0.1, -0.05) is 6.07 Å². The minimum absolute atomic E-state index is 0.157. The molecule has 1 aromatic rings. The Bertz CT molecular complexity index is 360. The zero-order chi connectivity index (χ0) is 12.3. The molecule has 2 rings (SSSR count). The zero-order valence-electron chi connectivity index (χ0n) is 10.3. The number of piperidine rings is 1. The maximum absolute atomic E-state index is 13.3. The number of likely N-dealkylation sites (tertiary alicyclic amines) is 1. The van der Waals surface area contributed by atoms with E-state index in [1.54, 1.807) is 12.1 Å². The van der Waals surface area contributed by atoms with Crippen molar-refractivity contribution < 1.29 is 9.50 Å². The number of rotatable bonds is 3. The van der Waals surface area contributed by atoms with Gasteiger partial charge in [-0.15, -0.1) is 0 Å². The Kier molecular flexibility index (Phi) is 4.13. The lowest BCUT2D eigenvalue weighted by atomic mass is 9.98. The summed E-state index contributed by atoms with van der Waals surface area (Å²) >= 11 is 0. The third kappa shape index (κ3) is 3.51. The van der Waals surface area contributed by atoms with Crippen molar-refractivity contribution in [1.29, 1.82) is 0 Å². The third-order valence-corrected chi connectivity index (χ3v) is 3.37. The maximum Gasteiger partial charge on any atom is 0.123 e. The summed E-state index contributed by atoms with van der Waals surface area (Å²) in [6, 6.07) is 5.19. The van der Waals surface area contributed by atoms with Crippen LogP contribution in [-0.4, -0.2) is 29.7 Å². The number of aryl methyl sites for hydroxylation is 1. The van der Waals surface area contributed by atoms with E-state index in [0.717, 1.165) is 43.6 Å². The molecule has 0 bridgehead atoms. The van der Waals surface area contributed by atoms with Crippen molar-refractivity contribution in [2.24, 2.45) is 5.92 Å². The van der Waals surface area contributed by atoms with E-state index in [4.69, 9.17) is 0 Å². The SMILES string of the molecule is Cc1cc(F)cc(CN2CCCC(CO)C2)c1. The molecule has 0 saturated carbocycles. The molecule has 1 fully saturated rings. The molecule has 1 aromatic carbocycles. The molecule has 1 N–H and O–H groups in total. The summed E-state index contributed by atoms with van der Waals surface area (Å²) in [5.74, 6) is 0.231. The van der Waals surface area contributed by atoms with Gasteiger partial charge in [0.2, 0.25) is 0 Å². The first-order chi connectivity index (χ1) is 8.17. The van der Waals surface area contributed by atoms with E-state index in [9.17, 15) is 9.50 Å². The van der Waals surface area contributed by atoms with E-state index in [-0.39, 0.29) is 12.4 Å². The molecule has 1 heterocycles. The van der Waals surface area contributed by atoms with Gasteiger partial charge < -0.3 is 5.11 Å². The first kappa shape index (κ1) is 12.5. The minimum Gasteiger partial charge on any atom is -0.396 e. The Balaban J connectivity index is 2.00. The van der Waals surface area contributed by atoms with E-state index in [1.165, 1.54) is 0 Å². The van der Waals surface area contributed by atoms with Crippen LogP contribution in [0.5, 0.6) is 0 Å². The smallest absolute Gasteiger partial charge is 0.123 e. The third-order valence-electron chi connectivity index (χ3n) is 3.37. The van der Waals surface area contributed by atoms with Crippen LogP contribution < -0.4 is 0 Å². The standard InChI is InChI=1S/C14H20FNO/c1-11-5-13(7-14(15)6-11)9-16-4-2-3-12(8-16)10-17/h5-7,12,17H,2-4,8-10H2,1H3. The summed E-state index contributed by atoms with van der Waals surface area (Å²) in [5.41, 5.74) is 2.00. The molecule has 17 heavy (non-hydrogen) atoms. The van der Waals surface area contributed by atoms with Crippen LogP contribution >= 0.6 is 0 Å². The molecule has 1 atom stereocenters. The van der Waals surface area contributed by atoms with Gasteiger partial charge in [0, 0.05) is 19.7 Å². The quantitative estimate of drug-likeness (QED) is 0.872. The Morgan fingerprint density at radius 1 is 1.41 bits per heavy atom. The van der Waals surface area contributed by atoms with Gasteiger partial charge in [-0.25, -0.2) is 4.39 Å². The second-order valence-corrected chi connectivity index (χ2v) is 5.06. The van der Waals surface area contributed by atoms with E-state index in [1.807, 2.05) is 13.0 Å². The largest absolute Gasteiger partial charge is 0.396 e. The number of aliphatic hydroxyl groups excluding tert-OH is 1.